The number of aryl methyl sites for hydroxylation is 1. The third-order valence-electron chi connectivity index (χ3n) is 3.58. The highest BCUT2D eigenvalue weighted by Gasteiger charge is 2.24. The molecule has 5 heteroatoms. The van der Waals surface area contributed by atoms with Crippen molar-refractivity contribution in [3.05, 3.63) is 33.9 Å². The Morgan fingerprint density at radius 3 is 2.83 bits per heavy atom. The van der Waals surface area contributed by atoms with Crippen LogP contribution in [0.4, 0.5) is 11.4 Å². The molecule has 0 saturated heterocycles. The van der Waals surface area contributed by atoms with Gasteiger partial charge in [-0.05, 0) is 31.9 Å². The van der Waals surface area contributed by atoms with Crippen molar-refractivity contribution in [2.24, 2.45) is 5.92 Å². The van der Waals surface area contributed by atoms with Crippen LogP contribution in [-0.2, 0) is 0 Å². The first-order valence-electron chi connectivity index (χ1n) is 6.25. The van der Waals surface area contributed by atoms with Crippen LogP contribution in [0, 0.1) is 23.0 Å². The molecule has 1 aliphatic rings. The Bertz CT molecular complexity index is 448. The molecule has 0 bridgehead atoms. The Labute approximate surface area is 106 Å². The molecule has 0 aliphatic heterocycles. The Hall–Kier alpha value is -1.62. The highest BCUT2D eigenvalue weighted by Crippen LogP contribution is 2.27. The van der Waals surface area contributed by atoms with E-state index in [1.807, 2.05) is 0 Å². The smallest absolute Gasteiger partial charge is 0.272 e. The van der Waals surface area contributed by atoms with Gasteiger partial charge in [0.1, 0.15) is 0 Å². The summed E-state index contributed by atoms with van der Waals surface area (Å²) in [6.07, 6.45) is 2.79. The summed E-state index contributed by atoms with van der Waals surface area (Å²) in [5, 5.41) is 23.6. The average Bonchev–Trinajstić information content (AvgIpc) is 2.72. The topological polar surface area (TPSA) is 75.4 Å². The summed E-state index contributed by atoms with van der Waals surface area (Å²) in [5.41, 5.74) is 1.66. The molecule has 5 nitrogen and oxygen atoms in total. The fraction of sp³-hybridized carbons (Fsp3) is 0.538. The van der Waals surface area contributed by atoms with E-state index < -0.39 is 0 Å². The van der Waals surface area contributed by atoms with Gasteiger partial charge < -0.3 is 10.4 Å². The van der Waals surface area contributed by atoms with Crippen molar-refractivity contribution in [2.45, 2.75) is 32.3 Å². The second kappa shape index (κ2) is 5.35. The van der Waals surface area contributed by atoms with E-state index in [-0.39, 0.29) is 16.7 Å². The molecule has 0 aromatic heterocycles. The number of nitro groups is 1. The van der Waals surface area contributed by atoms with Gasteiger partial charge in [-0.3, -0.25) is 10.1 Å². The van der Waals surface area contributed by atoms with Gasteiger partial charge in [0, 0.05) is 29.8 Å². The summed E-state index contributed by atoms with van der Waals surface area (Å²) in [4.78, 5) is 10.3. The van der Waals surface area contributed by atoms with E-state index in [9.17, 15) is 15.2 Å². The molecule has 1 aliphatic carbocycles. The van der Waals surface area contributed by atoms with Crippen LogP contribution in [-0.4, -0.2) is 22.7 Å². The molecule has 0 amide bonds. The Morgan fingerprint density at radius 2 is 2.28 bits per heavy atom. The van der Waals surface area contributed by atoms with Gasteiger partial charge in [-0.1, -0.05) is 6.42 Å². The lowest BCUT2D eigenvalue weighted by molar-refractivity contribution is -0.385. The van der Waals surface area contributed by atoms with Crippen LogP contribution in [0.15, 0.2) is 18.2 Å². The highest BCUT2D eigenvalue weighted by molar-refractivity contribution is 5.53. The van der Waals surface area contributed by atoms with Gasteiger partial charge in [0.25, 0.3) is 5.69 Å². The Kier molecular flexibility index (Phi) is 3.81. The van der Waals surface area contributed by atoms with Crippen molar-refractivity contribution in [3.63, 3.8) is 0 Å². The predicted octanol–water partition coefficient (Wildman–Crippen LogP) is 2.48. The molecule has 1 saturated carbocycles. The molecular formula is C13H18N2O3. The minimum atomic E-state index is -0.375. The molecule has 1 fully saturated rings. The van der Waals surface area contributed by atoms with Gasteiger partial charge in [-0.2, -0.15) is 0 Å². The molecule has 2 rings (SSSR count). The standard InChI is InChI=1S/C13H18N2O3/c1-9-7-11(5-6-12(9)15(17)18)14-8-10-3-2-4-13(10)16/h5-7,10,13-14,16H,2-4,8H2,1H3. The van der Waals surface area contributed by atoms with Crippen molar-refractivity contribution in [3.8, 4) is 0 Å². The summed E-state index contributed by atoms with van der Waals surface area (Å²) < 4.78 is 0. The fourth-order valence-corrected chi connectivity index (χ4v) is 2.47. The quantitative estimate of drug-likeness (QED) is 0.636. The van der Waals surface area contributed by atoms with E-state index in [2.05, 4.69) is 5.32 Å². The van der Waals surface area contributed by atoms with E-state index in [0.717, 1.165) is 31.5 Å². The number of nitrogens with one attached hydrogen (secondary N) is 1. The third-order valence-corrected chi connectivity index (χ3v) is 3.58. The SMILES string of the molecule is Cc1cc(NCC2CCCC2O)ccc1[N+](=O)[O-]. The average molecular weight is 250 g/mol. The zero-order valence-electron chi connectivity index (χ0n) is 10.4. The molecule has 0 heterocycles. The number of anilines is 1. The minimum Gasteiger partial charge on any atom is -0.393 e. The molecule has 2 atom stereocenters. The zero-order valence-corrected chi connectivity index (χ0v) is 10.4. The Balaban J connectivity index is 1.98. The molecular weight excluding hydrogens is 232 g/mol. The number of nitro benzene ring substituents is 1. The largest absolute Gasteiger partial charge is 0.393 e. The Morgan fingerprint density at radius 1 is 1.50 bits per heavy atom. The van der Waals surface area contributed by atoms with Crippen molar-refractivity contribution in [1.82, 2.24) is 0 Å². The van der Waals surface area contributed by atoms with Crippen LogP contribution in [0.5, 0.6) is 0 Å². The molecule has 0 spiro atoms. The molecule has 1 aromatic rings. The van der Waals surface area contributed by atoms with Crippen molar-refractivity contribution in [2.75, 3.05) is 11.9 Å². The van der Waals surface area contributed by atoms with Crippen molar-refractivity contribution >= 4 is 11.4 Å². The van der Waals surface area contributed by atoms with Gasteiger partial charge in [-0.15, -0.1) is 0 Å². The number of aliphatic hydroxyl groups excluding tert-OH is 1. The van der Waals surface area contributed by atoms with Crippen LogP contribution >= 0.6 is 0 Å². The summed E-state index contributed by atoms with van der Waals surface area (Å²) >= 11 is 0. The lowest BCUT2D eigenvalue weighted by atomic mass is 10.1. The van der Waals surface area contributed by atoms with Gasteiger partial charge in [0.15, 0.2) is 0 Å². The van der Waals surface area contributed by atoms with E-state index >= 15 is 0 Å². The van der Waals surface area contributed by atoms with Gasteiger partial charge in [-0.25, -0.2) is 0 Å². The number of nitrogens with zero attached hydrogens (tertiary/aromatic N) is 1. The van der Waals surface area contributed by atoms with E-state index in [1.54, 1.807) is 19.1 Å². The number of hydrogen-bond acceptors (Lipinski definition) is 4. The molecule has 2 unspecified atom stereocenters. The van der Waals surface area contributed by atoms with Crippen molar-refractivity contribution in [1.29, 1.82) is 0 Å². The van der Waals surface area contributed by atoms with Gasteiger partial charge in [0.2, 0.25) is 0 Å². The summed E-state index contributed by atoms with van der Waals surface area (Å²) in [6, 6.07) is 5.01. The summed E-state index contributed by atoms with van der Waals surface area (Å²) in [5.74, 6) is 0.292. The minimum absolute atomic E-state index is 0.140. The molecule has 1 aromatic carbocycles. The molecule has 18 heavy (non-hydrogen) atoms. The summed E-state index contributed by atoms with van der Waals surface area (Å²) in [7, 11) is 0. The second-order valence-corrected chi connectivity index (χ2v) is 4.90. The second-order valence-electron chi connectivity index (χ2n) is 4.90. The predicted molar refractivity (Wildman–Crippen MR) is 69.7 cm³/mol. The zero-order chi connectivity index (χ0) is 13.1. The number of benzene rings is 1. The normalized spacial score (nSPS) is 23.0. The van der Waals surface area contributed by atoms with E-state index in [0.29, 0.717) is 11.5 Å². The van der Waals surface area contributed by atoms with Crippen LogP contribution in [0.1, 0.15) is 24.8 Å². The number of aliphatic hydroxyl groups is 1. The van der Waals surface area contributed by atoms with E-state index in [1.165, 1.54) is 6.07 Å². The lowest BCUT2D eigenvalue weighted by Crippen LogP contribution is -2.21. The first-order valence-corrected chi connectivity index (χ1v) is 6.25. The maximum Gasteiger partial charge on any atom is 0.272 e. The maximum absolute atomic E-state index is 10.7. The third kappa shape index (κ3) is 2.79. The molecule has 0 radical (unpaired) electrons. The van der Waals surface area contributed by atoms with Crippen molar-refractivity contribution < 1.29 is 10.0 Å². The lowest BCUT2D eigenvalue weighted by Gasteiger charge is -2.16. The highest BCUT2D eigenvalue weighted by atomic mass is 16.6. The van der Waals surface area contributed by atoms with Gasteiger partial charge in [0.05, 0.1) is 11.0 Å². The fourth-order valence-electron chi connectivity index (χ4n) is 2.47. The van der Waals surface area contributed by atoms with Crippen LogP contribution < -0.4 is 5.32 Å². The van der Waals surface area contributed by atoms with Crippen LogP contribution in [0.25, 0.3) is 0 Å². The monoisotopic (exact) mass is 250 g/mol. The number of rotatable bonds is 4. The van der Waals surface area contributed by atoms with Crippen LogP contribution in [0.3, 0.4) is 0 Å². The van der Waals surface area contributed by atoms with Crippen LogP contribution in [0.2, 0.25) is 0 Å². The maximum atomic E-state index is 10.7. The van der Waals surface area contributed by atoms with E-state index in [4.69, 9.17) is 0 Å². The van der Waals surface area contributed by atoms with Gasteiger partial charge >= 0.3 is 0 Å². The molecule has 98 valence electrons. The number of hydrogen-bond donors (Lipinski definition) is 2. The first-order chi connectivity index (χ1) is 8.58. The molecule has 2 N–H and O–H groups in total. The summed E-state index contributed by atoms with van der Waals surface area (Å²) in [6.45, 7) is 2.45. The first kappa shape index (κ1) is 12.8.